The average molecular weight is 164 g/mol. The highest BCUT2D eigenvalue weighted by molar-refractivity contribution is 6.00. The highest BCUT2D eigenvalue weighted by Gasteiger charge is 2.29. The summed E-state index contributed by atoms with van der Waals surface area (Å²) in [5.74, 6) is -0.356. The highest BCUT2D eigenvalue weighted by Crippen LogP contribution is 2.12. The second-order valence-electron chi connectivity index (χ2n) is 2.72. The van der Waals surface area contributed by atoms with Crippen LogP contribution in [0.5, 0.6) is 0 Å². The number of carbonyl (C=O) groups excluding carboxylic acids is 2. The molecule has 4 nitrogen and oxygen atoms in total. The molecule has 1 fully saturated rings. The van der Waals surface area contributed by atoms with E-state index in [2.05, 4.69) is 5.32 Å². The summed E-state index contributed by atoms with van der Waals surface area (Å²) in [6, 6.07) is 0. The van der Waals surface area contributed by atoms with Gasteiger partial charge >= 0.3 is 0 Å². The Morgan fingerprint density at radius 1 is 1.42 bits per heavy atom. The lowest BCUT2D eigenvalue weighted by Gasteiger charge is -2.32. The molecule has 0 bridgehead atoms. The fraction of sp³-hybridized carbons (Fsp3) is 0.250. The van der Waals surface area contributed by atoms with E-state index in [1.165, 1.54) is 4.90 Å². The maximum atomic E-state index is 11.2. The Hall–Kier alpha value is -1.58. The lowest BCUT2D eigenvalue weighted by atomic mass is 10.2. The average Bonchev–Trinajstić information content (AvgIpc) is 2.04. The Bertz CT molecular complexity index is 293. The summed E-state index contributed by atoms with van der Waals surface area (Å²) in [6.45, 7) is 0. The van der Waals surface area contributed by atoms with Crippen molar-refractivity contribution in [1.29, 1.82) is 0 Å². The molecule has 1 saturated heterocycles. The molecule has 0 spiro atoms. The summed E-state index contributed by atoms with van der Waals surface area (Å²) in [5.41, 5.74) is 0. The van der Waals surface area contributed by atoms with Crippen LogP contribution in [-0.4, -0.2) is 22.9 Å². The van der Waals surface area contributed by atoms with Gasteiger partial charge in [-0.25, -0.2) is 0 Å². The first-order chi connectivity index (χ1) is 5.77. The number of nitrogens with one attached hydrogen (secondary N) is 1. The van der Waals surface area contributed by atoms with Crippen molar-refractivity contribution in [2.24, 2.45) is 0 Å². The maximum absolute atomic E-state index is 11.2. The van der Waals surface area contributed by atoms with E-state index in [1.54, 1.807) is 24.4 Å². The first-order valence-corrected chi connectivity index (χ1v) is 3.73. The molecule has 62 valence electrons. The van der Waals surface area contributed by atoms with Gasteiger partial charge in [-0.3, -0.25) is 14.5 Å². The summed E-state index contributed by atoms with van der Waals surface area (Å²) in [6.07, 6.45) is 6.70. The van der Waals surface area contributed by atoms with Gasteiger partial charge in [0.15, 0.2) is 0 Å². The number of allylic oxidation sites excluding steroid dienone is 2. The second-order valence-corrected chi connectivity index (χ2v) is 2.72. The highest BCUT2D eigenvalue weighted by atomic mass is 16.2. The van der Waals surface area contributed by atoms with Gasteiger partial charge in [0.05, 0.1) is 0 Å². The Morgan fingerprint density at radius 2 is 2.25 bits per heavy atom. The molecule has 0 unspecified atom stereocenters. The standard InChI is InChI=1S/C8H8N2O2/c11-7-5-8(12)10-4-2-1-3-6(10)9-7/h1-4,6H,5H2,(H,9,11)/t6-/m0/s1. The molecule has 12 heavy (non-hydrogen) atoms. The third kappa shape index (κ3) is 1.01. The zero-order valence-electron chi connectivity index (χ0n) is 6.36. The minimum Gasteiger partial charge on any atom is -0.332 e. The van der Waals surface area contributed by atoms with Crippen molar-refractivity contribution in [2.45, 2.75) is 12.6 Å². The lowest BCUT2D eigenvalue weighted by molar-refractivity contribution is -0.140. The van der Waals surface area contributed by atoms with Crippen LogP contribution >= 0.6 is 0 Å². The molecule has 4 heteroatoms. The predicted octanol–water partition coefficient (Wildman–Crippen LogP) is -0.256. The van der Waals surface area contributed by atoms with Crippen molar-refractivity contribution in [3.63, 3.8) is 0 Å². The van der Waals surface area contributed by atoms with Gasteiger partial charge in [0.1, 0.15) is 12.6 Å². The van der Waals surface area contributed by atoms with E-state index in [4.69, 9.17) is 0 Å². The van der Waals surface area contributed by atoms with E-state index in [-0.39, 0.29) is 24.4 Å². The van der Waals surface area contributed by atoms with Crippen molar-refractivity contribution >= 4 is 11.8 Å². The van der Waals surface area contributed by atoms with Gasteiger partial charge in [0.25, 0.3) is 0 Å². The first kappa shape index (κ1) is 7.09. The third-order valence-corrected chi connectivity index (χ3v) is 1.86. The molecule has 2 aliphatic heterocycles. The molecule has 0 aliphatic carbocycles. The molecule has 0 radical (unpaired) electrons. The fourth-order valence-corrected chi connectivity index (χ4v) is 1.30. The van der Waals surface area contributed by atoms with Crippen LogP contribution in [0.15, 0.2) is 24.4 Å². The van der Waals surface area contributed by atoms with E-state index in [0.717, 1.165) is 0 Å². The van der Waals surface area contributed by atoms with Gasteiger partial charge in [-0.05, 0) is 12.2 Å². The Labute approximate surface area is 69.5 Å². The molecule has 0 aromatic rings. The van der Waals surface area contributed by atoms with Crippen molar-refractivity contribution in [2.75, 3.05) is 0 Å². The summed E-state index contributed by atoms with van der Waals surface area (Å²) in [7, 11) is 0. The number of hydrogen-bond donors (Lipinski definition) is 1. The van der Waals surface area contributed by atoms with E-state index in [0.29, 0.717) is 0 Å². The van der Waals surface area contributed by atoms with Crippen molar-refractivity contribution in [1.82, 2.24) is 10.2 Å². The van der Waals surface area contributed by atoms with Gasteiger partial charge in [0, 0.05) is 6.20 Å². The van der Waals surface area contributed by atoms with Crippen molar-refractivity contribution in [3.8, 4) is 0 Å². The number of amides is 2. The van der Waals surface area contributed by atoms with Gasteiger partial charge in [-0.2, -0.15) is 0 Å². The quantitative estimate of drug-likeness (QED) is 0.502. The van der Waals surface area contributed by atoms with Gasteiger partial charge in [0.2, 0.25) is 11.8 Å². The van der Waals surface area contributed by atoms with Crippen LogP contribution < -0.4 is 5.32 Å². The number of fused-ring (bicyclic) bond motifs is 1. The molecule has 2 amide bonds. The third-order valence-electron chi connectivity index (χ3n) is 1.86. The van der Waals surface area contributed by atoms with Crippen LogP contribution in [0.1, 0.15) is 6.42 Å². The van der Waals surface area contributed by atoms with Crippen LogP contribution in [0.2, 0.25) is 0 Å². The number of hydrogen-bond acceptors (Lipinski definition) is 2. The van der Waals surface area contributed by atoms with Gasteiger partial charge in [-0.15, -0.1) is 0 Å². The van der Waals surface area contributed by atoms with Crippen molar-refractivity contribution in [3.05, 3.63) is 24.4 Å². The van der Waals surface area contributed by atoms with Crippen molar-refractivity contribution < 1.29 is 9.59 Å². The number of rotatable bonds is 0. The smallest absolute Gasteiger partial charge is 0.237 e. The fourth-order valence-electron chi connectivity index (χ4n) is 1.30. The minimum atomic E-state index is -0.274. The topological polar surface area (TPSA) is 49.4 Å². The Balaban J connectivity index is 2.25. The molecule has 2 aliphatic rings. The first-order valence-electron chi connectivity index (χ1n) is 3.73. The number of carbonyl (C=O) groups is 2. The summed E-state index contributed by atoms with van der Waals surface area (Å²) >= 11 is 0. The SMILES string of the molecule is O=C1CC(=O)N2C=CC=C[C@H]2N1. The molecule has 0 aromatic carbocycles. The molecule has 2 rings (SSSR count). The van der Waals surface area contributed by atoms with Gasteiger partial charge < -0.3 is 5.32 Å². The predicted molar refractivity (Wildman–Crippen MR) is 41.7 cm³/mol. The molecular formula is C8H8N2O2. The largest absolute Gasteiger partial charge is 0.332 e. The van der Waals surface area contributed by atoms with Gasteiger partial charge in [-0.1, -0.05) is 6.08 Å². The summed E-state index contributed by atoms with van der Waals surface area (Å²) < 4.78 is 0. The van der Waals surface area contributed by atoms with Crippen LogP contribution in [-0.2, 0) is 9.59 Å². The normalized spacial score (nSPS) is 27.0. The van der Waals surface area contributed by atoms with E-state index in [9.17, 15) is 9.59 Å². The summed E-state index contributed by atoms with van der Waals surface area (Å²) in [4.78, 5) is 23.6. The summed E-state index contributed by atoms with van der Waals surface area (Å²) in [5, 5.41) is 2.68. The maximum Gasteiger partial charge on any atom is 0.237 e. The molecule has 1 atom stereocenters. The molecule has 0 aromatic heterocycles. The lowest BCUT2D eigenvalue weighted by Crippen LogP contribution is -2.53. The van der Waals surface area contributed by atoms with Crippen LogP contribution in [0.3, 0.4) is 0 Å². The number of nitrogens with zero attached hydrogens (tertiary/aromatic N) is 1. The minimum absolute atomic E-state index is 0.0469. The van der Waals surface area contributed by atoms with Crippen LogP contribution in [0.25, 0.3) is 0 Å². The second kappa shape index (κ2) is 2.48. The van der Waals surface area contributed by atoms with E-state index < -0.39 is 0 Å². The van der Waals surface area contributed by atoms with E-state index >= 15 is 0 Å². The van der Waals surface area contributed by atoms with E-state index in [1.807, 2.05) is 0 Å². The molecule has 1 N–H and O–H groups in total. The molecular weight excluding hydrogens is 156 g/mol. The zero-order valence-corrected chi connectivity index (χ0v) is 6.36. The Morgan fingerprint density at radius 3 is 3.08 bits per heavy atom. The monoisotopic (exact) mass is 164 g/mol. The molecule has 0 saturated carbocycles. The Kier molecular flexibility index (Phi) is 1.46. The zero-order chi connectivity index (χ0) is 8.55. The van der Waals surface area contributed by atoms with Crippen LogP contribution in [0.4, 0.5) is 0 Å². The molecule has 2 heterocycles. The van der Waals surface area contributed by atoms with Crippen LogP contribution in [0, 0.1) is 0 Å².